The summed E-state index contributed by atoms with van der Waals surface area (Å²) in [6.45, 7) is 10.8. The van der Waals surface area contributed by atoms with Gasteiger partial charge in [0.15, 0.2) is 0 Å². The molecule has 0 amide bonds. The molecule has 1 rings (SSSR count). The average molecular weight is 291 g/mol. The first-order chi connectivity index (χ1) is 10.1. The smallest absolute Gasteiger partial charge is 0.119 e. The first kappa shape index (κ1) is 18.0. The van der Waals surface area contributed by atoms with Crippen LogP contribution in [0.3, 0.4) is 0 Å². The summed E-state index contributed by atoms with van der Waals surface area (Å²) < 4.78 is 5.65. The first-order valence-electron chi connectivity index (χ1n) is 8.54. The number of rotatable bonds is 11. The lowest BCUT2D eigenvalue weighted by Gasteiger charge is -2.10. The normalized spacial score (nSPS) is 11.3. The van der Waals surface area contributed by atoms with Crippen LogP contribution in [0.2, 0.25) is 0 Å². The van der Waals surface area contributed by atoms with E-state index < -0.39 is 0 Å². The molecule has 0 bridgehead atoms. The molecule has 1 N–H and O–H groups in total. The molecule has 0 unspecified atom stereocenters. The highest BCUT2D eigenvalue weighted by Crippen LogP contribution is 2.13. The zero-order valence-electron chi connectivity index (χ0n) is 14.3. The van der Waals surface area contributed by atoms with Crippen molar-refractivity contribution in [1.29, 1.82) is 0 Å². The molecule has 0 aromatic heterocycles. The van der Waals surface area contributed by atoms with Gasteiger partial charge in [0.05, 0.1) is 6.10 Å². The van der Waals surface area contributed by atoms with Crippen LogP contribution in [-0.2, 0) is 6.54 Å². The second-order valence-electron chi connectivity index (χ2n) is 6.58. The van der Waals surface area contributed by atoms with Gasteiger partial charge in [-0.15, -0.1) is 0 Å². The summed E-state index contributed by atoms with van der Waals surface area (Å²) >= 11 is 0. The zero-order chi connectivity index (χ0) is 15.5. The summed E-state index contributed by atoms with van der Waals surface area (Å²) in [4.78, 5) is 0. The number of hydrogen-bond donors (Lipinski definition) is 1. The van der Waals surface area contributed by atoms with E-state index in [0.29, 0.717) is 0 Å². The summed E-state index contributed by atoms with van der Waals surface area (Å²) in [5, 5.41) is 3.52. The van der Waals surface area contributed by atoms with Gasteiger partial charge in [-0.25, -0.2) is 0 Å². The Bertz CT molecular complexity index is 356. The topological polar surface area (TPSA) is 21.3 Å². The maximum atomic E-state index is 5.65. The monoisotopic (exact) mass is 291 g/mol. The van der Waals surface area contributed by atoms with Crippen molar-refractivity contribution in [2.45, 2.75) is 72.4 Å². The van der Waals surface area contributed by atoms with Gasteiger partial charge in [0, 0.05) is 6.54 Å². The molecule has 0 fully saturated rings. The Balaban J connectivity index is 2.05. The van der Waals surface area contributed by atoms with E-state index in [2.05, 4.69) is 57.3 Å². The molecular formula is C19H33NO. The van der Waals surface area contributed by atoms with Crippen LogP contribution >= 0.6 is 0 Å². The van der Waals surface area contributed by atoms with Gasteiger partial charge in [-0.1, -0.05) is 51.7 Å². The van der Waals surface area contributed by atoms with Gasteiger partial charge >= 0.3 is 0 Å². The lowest BCUT2D eigenvalue weighted by molar-refractivity contribution is 0.242. The van der Waals surface area contributed by atoms with Crippen LogP contribution in [-0.4, -0.2) is 12.6 Å². The molecule has 0 saturated carbocycles. The molecule has 0 radical (unpaired) electrons. The third kappa shape index (κ3) is 9.52. The van der Waals surface area contributed by atoms with E-state index in [1.54, 1.807) is 0 Å². The molecule has 0 aliphatic rings. The molecule has 0 aliphatic heterocycles. The van der Waals surface area contributed by atoms with Crippen LogP contribution < -0.4 is 10.1 Å². The summed E-state index contributed by atoms with van der Waals surface area (Å²) in [7, 11) is 0. The van der Waals surface area contributed by atoms with Crippen LogP contribution in [0.1, 0.15) is 65.4 Å². The zero-order valence-corrected chi connectivity index (χ0v) is 14.3. The number of ether oxygens (including phenoxy) is 1. The highest BCUT2D eigenvalue weighted by molar-refractivity contribution is 5.27. The Labute approximate surface area is 131 Å². The van der Waals surface area contributed by atoms with Crippen molar-refractivity contribution in [1.82, 2.24) is 5.32 Å². The van der Waals surface area contributed by atoms with Crippen molar-refractivity contribution < 1.29 is 4.74 Å². The van der Waals surface area contributed by atoms with Crippen molar-refractivity contribution in [3.8, 4) is 5.75 Å². The molecule has 0 aliphatic carbocycles. The Hall–Kier alpha value is -1.02. The molecule has 0 heterocycles. The Morgan fingerprint density at radius 3 is 2.19 bits per heavy atom. The van der Waals surface area contributed by atoms with Crippen LogP contribution in [0.4, 0.5) is 0 Å². The highest BCUT2D eigenvalue weighted by Gasteiger charge is 1.98. The Kier molecular flexibility index (Phi) is 9.16. The van der Waals surface area contributed by atoms with Crippen molar-refractivity contribution in [2.24, 2.45) is 5.92 Å². The van der Waals surface area contributed by atoms with E-state index in [9.17, 15) is 0 Å². The van der Waals surface area contributed by atoms with Crippen molar-refractivity contribution >= 4 is 0 Å². The maximum Gasteiger partial charge on any atom is 0.119 e. The van der Waals surface area contributed by atoms with Gasteiger partial charge < -0.3 is 10.1 Å². The lowest BCUT2D eigenvalue weighted by atomic mass is 10.0. The average Bonchev–Trinajstić information content (AvgIpc) is 2.42. The molecule has 1 aromatic rings. The minimum atomic E-state index is 0.240. The number of unbranched alkanes of at least 4 members (excludes halogenated alkanes) is 3. The summed E-state index contributed by atoms with van der Waals surface area (Å²) in [6, 6.07) is 8.41. The molecular weight excluding hydrogens is 258 g/mol. The van der Waals surface area contributed by atoms with Gasteiger partial charge in [-0.05, 0) is 50.4 Å². The van der Waals surface area contributed by atoms with Gasteiger partial charge in [-0.3, -0.25) is 0 Å². The minimum absolute atomic E-state index is 0.240. The van der Waals surface area contributed by atoms with Crippen LogP contribution in [0.15, 0.2) is 24.3 Å². The van der Waals surface area contributed by atoms with Gasteiger partial charge in [0.2, 0.25) is 0 Å². The summed E-state index contributed by atoms with van der Waals surface area (Å²) in [6.07, 6.45) is 7.01. The summed E-state index contributed by atoms with van der Waals surface area (Å²) in [5.74, 6) is 1.81. The molecule has 0 saturated heterocycles. The van der Waals surface area contributed by atoms with Crippen molar-refractivity contribution in [2.75, 3.05) is 6.54 Å². The quantitative estimate of drug-likeness (QED) is 0.568. The minimum Gasteiger partial charge on any atom is -0.491 e. The van der Waals surface area contributed by atoms with Gasteiger partial charge in [0.25, 0.3) is 0 Å². The molecule has 2 heteroatoms. The molecule has 2 nitrogen and oxygen atoms in total. The number of hydrogen-bond acceptors (Lipinski definition) is 2. The number of benzene rings is 1. The van der Waals surface area contributed by atoms with Crippen molar-refractivity contribution in [3.05, 3.63) is 29.8 Å². The van der Waals surface area contributed by atoms with Crippen LogP contribution in [0.5, 0.6) is 5.75 Å². The van der Waals surface area contributed by atoms with E-state index in [-0.39, 0.29) is 6.10 Å². The third-order valence-electron chi connectivity index (χ3n) is 3.51. The standard InChI is InChI=1S/C19H33NO/c1-16(2)9-7-5-6-8-14-20-15-18-10-12-19(13-11-18)21-17(3)4/h10-13,16-17,20H,5-9,14-15H2,1-4H3. The van der Waals surface area contributed by atoms with Gasteiger partial charge in [-0.2, -0.15) is 0 Å². The Morgan fingerprint density at radius 2 is 1.57 bits per heavy atom. The van der Waals surface area contributed by atoms with Crippen molar-refractivity contribution in [3.63, 3.8) is 0 Å². The second kappa shape index (κ2) is 10.7. The van der Waals surface area contributed by atoms with E-state index >= 15 is 0 Å². The van der Waals surface area contributed by atoms with E-state index in [1.807, 2.05) is 0 Å². The van der Waals surface area contributed by atoms with Crippen LogP contribution in [0, 0.1) is 5.92 Å². The largest absolute Gasteiger partial charge is 0.491 e. The van der Waals surface area contributed by atoms with E-state index in [4.69, 9.17) is 4.74 Å². The third-order valence-corrected chi connectivity index (χ3v) is 3.51. The van der Waals surface area contributed by atoms with Crippen LogP contribution in [0.25, 0.3) is 0 Å². The number of nitrogens with one attached hydrogen (secondary N) is 1. The fourth-order valence-electron chi connectivity index (χ4n) is 2.35. The van der Waals surface area contributed by atoms with E-state index in [0.717, 1.165) is 24.8 Å². The molecule has 0 atom stereocenters. The molecule has 21 heavy (non-hydrogen) atoms. The molecule has 120 valence electrons. The Morgan fingerprint density at radius 1 is 0.905 bits per heavy atom. The maximum absolute atomic E-state index is 5.65. The van der Waals surface area contributed by atoms with E-state index in [1.165, 1.54) is 37.7 Å². The van der Waals surface area contributed by atoms with Gasteiger partial charge in [0.1, 0.15) is 5.75 Å². The predicted molar refractivity (Wildman–Crippen MR) is 91.8 cm³/mol. The fraction of sp³-hybridized carbons (Fsp3) is 0.684. The lowest BCUT2D eigenvalue weighted by Crippen LogP contribution is -2.14. The first-order valence-corrected chi connectivity index (χ1v) is 8.54. The highest BCUT2D eigenvalue weighted by atomic mass is 16.5. The SMILES string of the molecule is CC(C)CCCCCCNCc1ccc(OC(C)C)cc1. The fourth-order valence-corrected chi connectivity index (χ4v) is 2.35. The molecule has 0 spiro atoms. The predicted octanol–water partition coefficient (Wildman–Crippen LogP) is 5.17. The second-order valence-corrected chi connectivity index (χ2v) is 6.58. The summed E-state index contributed by atoms with van der Waals surface area (Å²) in [5.41, 5.74) is 1.32. The molecule has 1 aromatic carbocycles.